The van der Waals surface area contributed by atoms with Crippen molar-refractivity contribution in [3.8, 4) is 5.75 Å². The van der Waals surface area contributed by atoms with E-state index >= 15 is 0 Å². The van der Waals surface area contributed by atoms with Crippen molar-refractivity contribution in [3.05, 3.63) is 29.8 Å². The van der Waals surface area contributed by atoms with E-state index in [1.165, 1.54) is 6.92 Å². The topological polar surface area (TPSA) is 75.6 Å². The maximum Gasteiger partial charge on any atom is 0.317 e. The number of carboxylic acids is 1. The van der Waals surface area contributed by atoms with Crippen molar-refractivity contribution in [2.24, 2.45) is 0 Å². The Morgan fingerprint density at radius 2 is 2.06 bits per heavy atom. The Balaban J connectivity index is 2.63. The minimum absolute atomic E-state index is 0.131. The summed E-state index contributed by atoms with van der Waals surface area (Å²) >= 11 is 0. The number of nitrogens with one attached hydrogen (secondary N) is 1. The van der Waals surface area contributed by atoms with E-state index in [4.69, 9.17) is 9.84 Å². The van der Waals surface area contributed by atoms with Gasteiger partial charge in [0.2, 0.25) is 0 Å². The summed E-state index contributed by atoms with van der Waals surface area (Å²) in [4.78, 5) is 21.1. The molecule has 1 aromatic carbocycles. The number of aliphatic carboxylic acids is 1. The van der Waals surface area contributed by atoms with Gasteiger partial charge in [0.05, 0.1) is 6.54 Å². The SMILES string of the molecule is CC(=O)Oc1ccccc1CNCC(=O)O. The molecule has 0 bridgehead atoms. The molecule has 0 atom stereocenters. The molecule has 0 radical (unpaired) electrons. The van der Waals surface area contributed by atoms with Crippen LogP contribution in [0.3, 0.4) is 0 Å². The number of para-hydroxylation sites is 1. The summed E-state index contributed by atoms with van der Waals surface area (Å²) in [5, 5.41) is 11.2. The van der Waals surface area contributed by atoms with E-state index < -0.39 is 11.9 Å². The van der Waals surface area contributed by atoms with Crippen LogP contribution in [-0.4, -0.2) is 23.6 Å². The standard InChI is InChI=1S/C11H13NO4/c1-8(13)16-10-5-3-2-4-9(10)6-12-7-11(14)15/h2-5,12H,6-7H2,1H3,(H,14,15). The van der Waals surface area contributed by atoms with Crippen molar-refractivity contribution >= 4 is 11.9 Å². The highest BCUT2D eigenvalue weighted by Crippen LogP contribution is 2.17. The van der Waals surface area contributed by atoms with Crippen LogP contribution in [0.4, 0.5) is 0 Å². The average Bonchev–Trinajstić information content (AvgIpc) is 2.19. The van der Waals surface area contributed by atoms with Crippen molar-refractivity contribution in [2.75, 3.05) is 6.54 Å². The van der Waals surface area contributed by atoms with Crippen molar-refractivity contribution in [3.63, 3.8) is 0 Å². The molecule has 0 aliphatic carbocycles. The average molecular weight is 223 g/mol. The molecule has 0 unspecified atom stereocenters. The third-order valence-electron chi connectivity index (χ3n) is 1.82. The number of carbonyl (C=O) groups is 2. The molecule has 0 aliphatic heterocycles. The molecular weight excluding hydrogens is 210 g/mol. The van der Waals surface area contributed by atoms with Crippen LogP contribution in [0.2, 0.25) is 0 Å². The second-order valence-corrected chi connectivity index (χ2v) is 3.20. The summed E-state index contributed by atoms with van der Waals surface area (Å²) in [7, 11) is 0. The lowest BCUT2D eigenvalue weighted by molar-refractivity contribution is -0.136. The quantitative estimate of drug-likeness (QED) is 0.570. The van der Waals surface area contributed by atoms with Crippen LogP contribution in [0, 0.1) is 0 Å². The maximum absolute atomic E-state index is 10.8. The number of ether oxygens (including phenoxy) is 1. The largest absolute Gasteiger partial charge is 0.480 e. The molecule has 1 rings (SSSR count). The number of hydrogen-bond donors (Lipinski definition) is 2. The van der Waals surface area contributed by atoms with Crippen LogP contribution < -0.4 is 10.1 Å². The Morgan fingerprint density at radius 1 is 1.38 bits per heavy atom. The lowest BCUT2D eigenvalue weighted by atomic mass is 10.2. The second-order valence-electron chi connectivity index (χ2n) is 3.20. The van der Waals surface area contributed by atoms with Crippen molar-refractivity contribution in [1.82, 2.24) is 5.32 Å². The van der Waals surface area contributed by atoms with Gasteiger partial charge in [0.25, 0.3) is 0 Å². The van der Waals surface area contributed by atoms with Gasteiger partial charge in [0, 0.05) is 19.0 Å². The highest BCUT2D eigenvalue weighted by Gasteiger charge is 2.05. The zero-order valence-electron chi connectivity index (χ0n) is 8.90. The Bertz CT molecular complexity index is 389. The van der Waals surface area contributed by atoms with E-state index in [1.54, 1.807) is 24.3 Å². The summed E-state index contributed by atoms with van der Waals surface area (Å²) < 4.78 is 4.98. The van der Waals surface area contributed by atoms with Crippen LogP contribution in [0.25, 0.3) is 0 Å². The van der Waals surface area contributed by atoms with E-state index in [0.29, 0.717) is 12.3 Å². The number of rotatable bonds is 5. The monoisotopic (exact) mass is 223 g/mol. The van der Waals surface area contributed by atoms with Gasteiger partial charge < -0.3 is 15.2 Å². The van der Waals surface area contributed by atoms with Gasteiger partial charge in [-0.25, -0.2) is 0 Å². The van der Waals surface area contributed by atoms with Crippen molar-refractivity contribution in [2.45, 2.75) is 13.5 Å². The highest BCUT2D eigenvalue weighted by molar-refractivity contribution is 5.70. The molecule has 0 aromatic heterocycles. The first-order valence-corrected chi connectivity index (χ1v) is 4.78. The van der Waals surface area contributed by atoms with Crippen LogP contribution in [0.15, 0.2) is 24.3 Å². The van der Waals surface area contributed by atoms with E-state index in [-0.39, 0.29) is 6.54 Å². The van der Waals surface area contributed by atoms with Gasteiger partial charge in [-0.15, -0.1) is 0 Å². The molecule has 0 fully saturated rings. The fourth-order valence-corrected chi connectivity index (χ4v) is 1.21. The molecule has 2 N–H and O–H groups in total. The van der Waals surface area contributed by atoms with Gasteiger partial charge in [-0.1, -0.05) is 18.2 Å². The Hall–Kier alpha value is -1.88. The number of carbonyl (C=O) groups excluding carboxylic acids is 1. The molecule has 5 nitrogen and oxygen atoms in total. The summed E-state index contributed by atoms with van der Waals surface area (Å²) in [5.74, 6) is -0.872. The number of benzene rings is 1. The molecule has 0 saturated carbocycles. The van der Waals surface area contributed by atoms with Crippen LogP contribution >= 0.6 is 0 Å². The molecule has 0 amide bonds. The van der Waals surface area contributed by atoms with E-state index in [2.05, 4.69) is 5.32 Å². The lowest BCUT2D eigenvalue weighted by Crippen LogP contribution is -2.22. The van der Waals surface area contributed by atoms with Gasteiger partial charge >= 0.3 is 11.9 Å². The molecule has 0 heterocycles. The van der Waals surface area contributed by atoms with E-state index in [1.807, 2.05) is 0 Å². The first-order chi connectivity index (χ1) is 7.59. The van der Waals surface area contributed by atoms with Gasteiger partial charge in [0.15, 0.2) is 0 Å². The highest BCUT2D eigenvalue weighted by atomic mass is 16.5. The van der Waals surface area contributed by atoms with Gasteiger partial charge in [-0.3, -0.25) is 9.59 Å². The lowest BCUT2D eigenvalue weighted by Gasteiger charge is -2.08. The van der Waals surface area contributed by atoms with Gasteiger partial charge in [-0.2, -0.15) is 0 Å². The normalized spacial score (nSPS) is 9.81. The van der Waals surface area contributed by atoms with Gasteiger partial charge in [-0.05, 0) is 6.07 Å². The van der Waals surface area contributed by atoms with Crippen LogP contribution in [-0.2, 0) is 16.1 Å². The zero-order chi connectivity index (χ0) is 12.0. The zero-order valence-corrected chi connectivity index (χ0v) is 8.90. The fourth-order valence-electron chi connectivity index (χ4n) is 1.21. The number of esters is 1. The summed E-state index contributed by atoms with van der Waals surface area (Å²) in [5.41, 5.74) is 0.749. The smallest absolute Gasteiger partial charge is 0.317 e. The second kappa shape index (κ2) is 5.87. The van der Waals surface area contributed by atoms with Crippen LogP contribution in [0.1, 0.15) is 12.5 Å². The Morgan fingerprint density at radius 3 is 2.69 bits per heavy atom. The number of hydrogen-bond acceptors (Lipinski definition) is 4. The Kier molecular flexibility index (Phi) is 4.47. The minimum atomic E-state index is -0.926. The third kappa shape index (κ3) is 4.10. The maximum atomic E-state index is 10.8. The minimum Gasteiger partial charge on any atom is -0.480 e. The van der Waals surface area contributed by atoms with Crippen molar-refractivity contribution < 1.29 is 19.4 Å². The molecule has 0 spiro atoms. The van der Waals surface area contributed by atoms with Crippen LogP contribution in [0.5, 0.6) is 5.75 Å². The van der Waals surface area contributed by atoms with Crippen molar-refractivity contribution in [1.29, 1.82) is 0 Å². The first-order valence-electron chi connectivity index (χ1n) is 4.78. The predicted octanol–water partition coefficient (Wildman–Crippen LogP) is 0.786. The molecular formula is C11H13NO4. The molecule has 86 valence electrons. The molecule has 16 heavy (non-hydrogen) atoms. The number of carboxylic acid groups (broad SMARTS) is 1. The van der Waals surface area contributed by atoms with E-state index in [0.717, 1.165) is 5.56 Å². The summed E-state index contributed by atoms with van der Waals surface area (Å²) in [6.45, 7) is 1.53. The third-order valence-corrected chi connectivity index (χ3v) is 1.82. The Labute approximate surface area is 93.0 Å². The fraction of sp³-hybridized carbons (Fsp3) is 0.273. The molecule has 1 aromatic rings. The predicted molar refractivity (Wildman–Crippen MR) is 57.1 cm³/mol. The summed E-state index contributed by atoms with van der Waals surface area (Å²) in [6, 6.07) is 6.98. The molecule has 0 saturated heterocycles. The molecule has 0 aliphatic rings. The first kappa shape index (κ1) is 12.2. The molecule has 5 heteroatoms. The summed E-state index contributed by atoms with van der Waals surface area (Å²) in [6.07, 6.45) is 0. The van der Waals surface area contributed by atoms with Gasteiger partial charge in [0.1, 0.15) is 5.75 Å². The van der Waals surface area contributed by atoms with E-state index in [9.17, 15) is 9.59 Å².